The van der Waals surface area contributed by atoms with E-state index in [0.29, 0.717) is 6.54 Å². The van der Waals surface area contributed by atoms with Gasteiger partial charge in [-0.15, -0.1) is 0 Å². The highest BCUT2D eigenvalue weighted by Gasteiger charge is 2.05. The predicted octanol–water partition coefficient (Wildman–Crippen LogP) is 1.52. The summed E-state index contributed by atoms with van der Waals surface area (Å²) in [6.07, 6.45) is 1.52. The summed E-state index contributed by atoms with van der Waals surface area (Å²) in [4.78, 5) is 10.4. The van der Waals surface area contributed by atoms with Crippen molar-refractivity contribution in [3.05, 3.63) is 48.3 Å². The molecule has 1 heterocycles. The molecule has 5 heteroatoms. The highest BCUT2D eigenvalue weighted by Crippen LogP contribution is 2.15. The molecular weight excluding hydrogens is 240 g/mol. The highest BCUT2D eigenvalue weighted by molar-refractivity contribution is 5.48. The molecule has 0 unspecified atom stereocenters. The fraction of sp³-hybridized carbons (Fsp3) is 0.286. The predicted molar refractivity (Wildman–Crippen MR) is 76.2 cm³/mol. The lowest BCUT2D eigenvalue weighted by molar-refractivity contribution is 0.311. The van der Waals surface area contributed by atoms with E-state index in [2.05, 4.69) is 32.3 Å². The van der Waals surface area contributed by atoms with Crippen molar-refractivity contribution in [1.82, 2.24) is 9.97 Å². The minimum absolute atomic E-state index is 0.0825. The first-order valence-corrected chi connectivity index (χ1v) is 6.21. The second kappa shape index (κ2) is 6.70. The molecule has 0 amide bonds. The summed E-state index contributed by atoms with van der Waals surface area (Å²) in [7, 11) is 1.99. The Morgan fingerprint density at radius 3 is 2.74 bits per heavy atom. The smallest absolute Gasteiger partial charge is 0.134 e. The lowest BCUT2D eigenvalue weighted by Gasteiger charge is -2.18. The number of anilines is 2. The van der Waals surface area contributed by atoms with Gasteiger partial charge in [-0.25, -0.2) is 9.97 Å². The second-order valence-electron chi connectivity index (χ2n) is 4.25. The minimum atomic E-state index is 0.0825. The van der Waals surface area contributed by atoms with Gasteiger partial charge in [-0.1, -0.05) is 30.3 Å². The first-order chi connectivity index (χ1) is 9.29. The molecule has 1 aromatic heterocycles. The Morgan fingerprint density at radius 2 is 2.00 bits per heavy atom. The normalized spacial score (nSPS) is 10.2. The van der Waals surface area contributed by atoms with Gasteiger partial charge in [0.15, 0.2) is 0 Å². The standard InChI is InChI=1S/C14H18N4O/c1-18(10-12-5-3-2-4-6-12)14-9-13(15-7-8-19)16-11-17-14/h2-6,9,11,19H,7-8,10H2,1H3,(H,15,16,17). The van der Waals surface area contributed by atoms with Crippen LogP contribution in [0.5, 0.6) is 0 Å². The zero-order chi connectivity index (χ0) is 13.5. The molecule has 5 nitrogen and oxygen atoms in total. The fourth-order valence-corrected chi connectivity index (χ4v) is 1.77. The Bertz CT molecular complexity index is 504. The number of aliphatic hydroxyl groups excluding tert-OH is 1. The molecule has 100 valence electrons. The number of rotatable bonds is 6. The summed E-state index contributed by atoms with van der Waals surface area (Å²) < 4.78 is 0. The monoisotopic (exact) mass is 258 g/mol. The van der Waals surface area contributed by atoms with Gasteiger partial charge in [-0.2, -0.15) is 0 Å². The third-order valence-electron chi connectivity index (χ3n) is 2.72. The van der Waals surface area contributed by atoms with Gasteiger partial charge >= 0.3 is 0 Å². The van der Waals surface area contributed by atoms with Crippen LogP contribution in [0, 0.1) is 0 Å². The molecule has 0 saturated carbocycles. The van der Waals surface area contributed by atoms with E-state index >= 15 is 0 Å². The topological polar surface area (TPSA) is 61.3 Å². The van der Waals surface area contributed by atoms with Crippen LogP contribution in [-0.2, 0) is 6.54 Å². The Kier molecular flexibility index (Phi) is 4.69. The van der Waals surface area contributed by atoms with E-state index in [4.69, 9.17) is 5.11 Å². The summed E-state index contributed by atoms with van der Waals surface area (Å²) in [5.41, 5.74) is 1.23. The third-order valence-corrected chi connectivity index (χ3v) is 2.72. The first kappa shape index (κ1) is 13.3. The van der Waals surface area contributed by atoms with Crippen LogP contribution in [0.3, 0.4) is 0 Å². The van der Waals surface area contributed by atoms with Gasteiger partial charge < -0.3 is 15.3 Å². The summed E-state index contributed by atoms with van der Waals surface area (Å²) in [6, 6.07) is 12.1. The van der Waals surface area contributed by atoms with Crippen LogP contribution in [0.1, 0.15) is 5.56 Å². The summed E-state index contributed by atoms with van der Waals surface area (Å²) >= 11 is 0. The van der Waals surface area contributed by atoms with Gasteiger partial charge in [-0.05, 0) is 5.56 Å². The van der Waals surface area contributed by atoms with Crippen molar-refractivity contribution in [2.75, 3.05) is 30.4 Å². The molecule has 19 heavy (non-hydrogen) atoms. The largest absolute Gasteiger partial charge is 0.395 e. The number of aromatic nitrogens is 2. The number of nitrogens with zero attached hydrogens (tertiary/aromatic N) is 3. The maximum absolute atomic E-state index is 8.78. The molecule has 0 atom stereocenters. The Hall–Kier alpha value is -2.14. The average molecular weight is 258 g/mol. The molecule has 0 aliphatic carbocycles. The fourth-order valence-electron chi connectivity index (χ4n) is 1.77. The molecule has 0 bridgehead atoms. The van der Waals surface area contributed by atoms with Crippen molar-refractivity contribution in [2.24, 2.45) is 0 Å². The second-order valence-corrected chi connectivity index (χ2v) is 4.25. The molecule has 2 rings (SSSR count). The van der Waals surface area contributed by atoms with Crippen LogP contribution in [0.2, 0.25) is 0 Å². The summed E-state index contributed by atoms with van der Waals surface area (Å²) in [5, 5.41) is 11.8. The lowest BCUT2D eigenvalue weighted by Crippen LogP contribution is -2.18. The molecule has 0 saturated heterocycles. The summed E-state index contributed by atoms with van der Waals surface area (Å²) in [5.74, 6) is 1.57. The Balaban J connectivity index is 2.04. The molecule has 0 fully saturated rings. The molecule has 1 aromatic carbocycles. The van der Waals surface area contributed by atoms with E-state index in [1.807, 2.05) is 31.3 Å². The van der Waals surface area contributed by atoms with E-state index in [-0.39, 0.29) is 6.61 Å². The van der Waals surface area contributed by atoms with Crippen molar-refractivity contribution in [1.29, 1.82) is 0 Å². The molecule has 0 aliphatic heterocycles. The van der Waals surface area contributed by atoms with E-state index in [9.17, 15) is 0 Å². The maximum atomic E-state index is 8.78. The van der Waals surface area contributed by atoms with Crippen molar-refractivity contribution in [3.8, 4) is 0 Å². The number of hydrogen-bond acceptors (Lipinski definition) is 5. The van der Waals surface area contributed by atoms with Crippen LogP contribution in [0.4, 0.5) is 11.6 Å². The Morgan fingerprint density at radius 1 is 1.21 bits per heavy atom. The van der Waals surface area contributed by atoms with Crippen LogP contribution in [-0.4, -0.2) is 35.3 Å². The van der Waals surface area contributed by atoms with Crippen molar-refractivity contribution < 1.29 is 5.11 Å². The quantitative estimate of drug-likeness (QED) is 0.822. The lowest BCUT2D eigenvalue weighted by atomic mass is 10.2. The van der Waals surface area contributed by atoms with Gasteiger partial charge in [0.2, 0.25) is 0 Å². The molecule has 0 radical (unpaired) electrons. The van der Waals surface area contributed by atoms with Crippen molar-refractivity contribution in [3.63, 3.8) is 0 Å². The van der Waals surface area contributed by atoms with Gasteiger partial charge in [0.05, 0.1) is 6.61 Å². The maximum Gasteiger partial charge on any atom is 0.134 e. The van der Waals surface area contributed by atoms with Gasteiger partial charge in [0, 0.05) is 26.2 Å². The average Bonchev–Trinajstić information content (AvgIpc) is 2.46. The zero-order valence-electron chi connectivity index (χ0n) is 11.0. The molecular formula is C14H18N4O. The SMILES string of the molecule is CN(Cc1ccccc1)c1cc(NCCO)ncn1. The van der Waals surface area contributed by atoms with Gasteiger partial charge in [-0.3, -0.25) is 0 Å². The van der Waals surface area contributed by atoms with Gasteiger partial charge in [0.25, 0.3) is 0 Å². The minimum Gasteiger partial charge on any atom is -0.395 e. The van der Waals surface area contributed by atoms with Gasteiger partial charge in [0.1, 0.15) is 18.0 Å². The van der Waals surface area contributed by atoms with E-state index in [1.54, 1.807) is 0 Å². The van der Waals surface area contributed by atoms with E-state index < -0.39 is 0 Å². The first-order valence-electron chi connectivity index (χ1n) is 6.21. The van der Waals surface area contributed by atoms with Crippen molar-refractivity contribution >= 4 is 11.6 Å². The van der Waals surface area contributed by atoms with E-state index in [1.165, 1.54) is 11.9 Å². The number of benzene rings is 1. The molecule has 2 N–H and O–H groups in total. The zero-order valence-corrected chi connectivity index (χ0v) is 11.0. The highest BCUT2D eigenvalue weighted by atomic mass is 16.3. The van der Waals surface area contributed by atoms with Crippen LogP contribution in [0.15, 0.2) is 42.7 Å². The van der Waals surface area contributed by atoms with Crippen LogP contribution >= 0.6 is 0 Å². The number of nitrogens with one attached hydrogen (secondary N) is 1. The van der Waals surface area contributed by atoms with Crippen LogP contribution < -0.4 is 10.2 Å². The molecule has 2 aromatic rings. The Labute approximate surface area is 112 Å². The molecule has 0 spiro atoms. The van der Waals surface area contributed by atoms with Crippen molar-refractivity contribution in [2.45, 2.75) is 6.54 Å². The van der Waals surface area contributed by atoms with E-state index in [0.717, 1.165) is 18.2 Å². The number of aliphatic hydroxyl groups is 1. The molecule has 0 aliphatic rings. The summed E-state index contributed by atoms with van der Waals surface area (Å²) in [6.45, 7) is 1.36. The number of hydrogen-bond donors (Lipinski definition) is 2. The third kappa shape index (κ3) is 3.93. The van der Waals surface area contributed by atoms with Crippen LogP contribution in [0.25, 0.3) is 0 Å².